The molecular formula is C18H30N2O. The fourth-order valence-corrected chi connectivity index (χ4v) is 2.44. The van der Waals surface area contributed by atoms with E-state index in [1.54, 1.807) is 0 Å². The molecule has 1 aromatic carbocycles. The van der Waals surface area contributed by atoms with Gasteiger partial charge in [0.1, 0.15) is 6.04 Å². The molecule has 0 radical (unpaired) electrons. The minimum absolute atomic E-state index is 0.0633. The molecule has 0 aliphatic carbocycles. The lowest BCUT2D eigenvalue weighted by Crippen LogP contribution is -2.39. The van der Waals surface area contributed by atoms with Gasteiger partial charge in [-0.1, -0.05) is 69.9 Å². The van der Waals surface area contributed by atoms with Crippen LogP contribution in [0.5, 0.6) is 0 Å². The molecule has 118 valence electrons. The third-order valence-electron chi connectivity index (χ3n) is 3.80. The van der Waals surface area contributed by atoms with Gasteiger partial charge in [0, 0.05) is 13.1 Å². The number of rotatable bonds is 10. The Kier molecular flexibility index (Phi) is 8.76. The van der Waals surface area contributed by atoms with Crippen LogP contribution in [0.1, 0.15) is 64.0 Å². The third-order valence-corrected chi connectivity index (χ3v) is 3.80. The Morgan fingerprint density at radius 2 is 1.52 bits per heavy atom. The average Bonchev–Trinajstić information content (AvgIpc) is 2.53. The summed E-state index contributed by atoms with van der Waals surface area (Å²) < 4.78 is 0. The first kappa shape index (κ1) is 17.7. The molecule has 1 atom stereocenters. The van der Waals surface area contributed by atoms with Crippen LogP contribution in [0.2, 0.25) is 0 Å². The molecule has 1 rings (SSSR count). The standard InChI is InChI=1S/C18H30N2O/c1-3-5-10-14-20(15-11-6-4-2)18(21)17(19)16-12-8-7-9-13-16/h7-9,12-13,17H,3-6,10-11,14-15,19H2,1-2H3/t17-/m0/s1. The van der Waals surface area contributed by atoms with Gasteiger partial charge in [0.2, 0.25) is 5.91 Å². The van der Waals surface area contributed by atoms with E-state index >= 15 is 0 Å². The maximum atomic E-state index is 12.6. The van der Waals surface area contributed by atoms with Crippen LogP contribution in [0.3, 0.4) is 0 Å². The molecule has 3 heteroatoms. The van der Waals surface area contributed by atoms with Crippen molar-refractivity contribution in [2.75, 3.05) is 13.1 Å². The van der Waals surface area contributed by atoms with Crippen LogP contribution in [0, 0.1) is 0 Å². The number of benzene rings is 1. The Balaban J connectivity index is 2.63. The van der Waals surface area contributed by atoms with Crippen LogP contribution in [-0.2, 0) is 4.79 Å². The molecule has 21 heavy (non-hydrogen) atoms. The van der Waals surface area contributed by atoms with Gasteiger partial charge in [0.25, 0.3) is 0 Å². The average molecular weight is 290 g/mol. The van der Waals surface area contributed by atoms with Gasteiger partial charge < -0.3 is 10.6 Å². The van der Waals surface area contributed by atoms with Crippen LogP contribution in [0.4, 0.5) is 0 Å². The molecule has 0 aliphatic rings. The number of hydrogen-bond donors (Lipinski definition) is 1. The highest BCUT2D eigenvalue weighted by molar-refractivity contribution is 5.83. The first-order valence-electron chi connectivity index (χ1n) is 8.30. The van der Waals surface area contributed by atoms with E-state index in [-0.39, 0.29) is 5.91 Å². The monoisotopic (exact) mass is 290 g/mol. The number of amides is 1. The molecule has 1 amide bonds. The van der Waals surface area contributed by atoms with Crippen LogP contribution in [0.15, 0.2) is 30.3 Å². The van der Waals surface area contributed by atoms with Crippen molar-refractivity contribution in [3.05, 3.63) is 35.9 Å². The van der Waals surface area contributed by atoms with E-state index < -0.39 is 6.04 Å². The molecule has 0 spiro atoms. The summed E-state index contributed by atoms with van der Waals surface area (Å²) in [5.41, 5.74) is 7.06. The van der Waals surface area contributed by atoms with Crippen molar-refractivity contribution in [3.63, 3.8) is 0 Å². The predicted molar refractivity (Wildman–Crippen MR) is 89.0 cm³/mol. The topological polar surface area (TPSA) is 46.3 Å². The summed E-state index contributed by atoms with van der Waals surface area (Å²) in [6, 6.07) is 9.13. The molecule has 0 saturated carbocycles. The molecule has 0 aliphatic heterocycles. The van der Waals surface area contributed by atoms with Crippen LogP contribution < -0.4 is 5.73 Å². The highest BCUT2D eigenvalue weighted by Crippen LogP contribution is 2.14. The van der Waals surface area contributed by atoms with E-state index in [0.717, 1.165) is 44.3 Å². The van der Waals surface area contributed by atoms with Crippen molar-refractivity contribution in [2.45, 2.75) is 58.4 Å². The molecular weight excluding hydrogens is 260 g/mol. The second kappa shape index (κ2) is 10.4. The van der Waals surface area contributed by atoms with E-state index in [1.165, 1.54) is 12.8 Å². The maximum absolute atomic E-state index is 12.6. The Hall–Kier alpha value is -1.35. The quantitative estimate of drug-likeness (QED) is 0.664. The van der Waals surface area contributed by atoms with Gasteiger partial charge in [-0.2, -0.15) is 0 Å². The van der Waals surface area contributed by atoms with Crippen molar-refractivity contribution >= 4 is 5.91 Å². The smallest absolute Gasteiger partial charge is 0.244 e. The summed E-state index contributed by atoms with van der Waals surface area (Å²) in [5, 5.41) is 0. The van der Waals surface area contributed by atoms with Gasteiger partial charge in [0.05, 0.1) is 0 Å². The van der Waals surface area contributed by atoms with Gasteiger partial charge >= 0.3 is 0 Å². The first-order chi connectivity index (χ1) is 10.2. The number of nitrogens with zero attached hydrogens (tertiary/aromatic N) is 1. The second-order valence-corrected chi connectivity index (χ2v) is 5.63. The van der Waals surface area contributed by atoms with Crippen molar-refractivity contribution in [2.24, 2.45) is 5.73 Å². The van der Waals surface area contributed by atoms with Gasteiger partial charge in [-0.05, 0) is 18.4 Å². The SMILES string of the molecule is CCCCCN(CCCCC)C(=O)[C@@H](N)c1ccccc1. The van der Waals surface area contributed by atoms with Crippen LogP contribution in [0.25, 0.3) is 0 Å². The molecule has 3 nitrogen and oxygen atoms in total. The first-order valence-corrected chi connectivity index (χ1v) is 8.30. The fraction of sp³-hybridized carbons (Fsp3) is 0.611. The van der Waals surface area contributed by atoms with Crippen molar-refractivity contribution in [1.29, 1.82) is 0 Å². The second-order valence-electron chi connectivity index (χ2n) is 5.63. The zero-order chi connectivity index (χ0) is 15.5. The summed E-state index contributed by atoms with van der Waals surface area (Å²) in [6.07, 6.45) is 6.80. The maximum Gasteiger partial charge on any atom is 0.244 e. The van der Waals surface area contributed by atoms with E-state index in [1.807, 2.05) is 35.2 Å². The molecule has 0 fully saturated rings. The fourth-order valence-electron chi connectivity index (χ4n) is 2.44. The lowest BCUT2D eigenvalue weighted by atomic mass is 10.1. The molecule has 0 bridgehead atoms. The minimum Gasteiger partial charge on any atom is -0.341 e. The minimum atomic E-state index is -0.533. The van der Waals surface area contributed by atoms with Crippen molar-refractivity contribution in [3.8, 4) is 0 Å². The van der Waals surface area contributed by atoms with Crippen LogP contribution >= 0.6 is 0 Å². The van der Waals surface area contributed by atoms with E-state index in [0.29, 0.717) is 0 Å². The molecule has 0 saturated heterocycles. The molecule has 2 N–H and O–H groups in total. The zero-order valence-corrected chi connectivity index (χ0v) is 13.6. The van der Waals surface area contributed by atoms with Gasteiger partial charge in [-0.3, -0.25) is 4.79 Å². The van der Waals surface area contributed by atoms with Crippen molar-refractivity contribution in [1.82, 2.24) is 4.90 Å². The molecule has 0 heterocycles. The molecule has 1 aromatic rings. The summed E-state index contributed by atoms with van der Waals surface area (Å²) in [5.74, 6) is 0.0633. The van der Waals surface area contributed by atoms with Gasteiger partial charge in [-0.15, -0.1) is 0 Å². The number of carbonyl (C=O) groups is 1. The zero-order valence-electron chi connectivity index (χ0n) is 13.6. The molecule has 0 unspecified atom stereocenters. The van der Waals surface area contributed by atoms with Crippen LogP contribution in [-0.4, -0.2) is 23.9 Å². The summed E-state index contributed by atoms with van der Waals surface area (Å²) >= 11 is 0. The number of carbonyl (C=O) groups excluding carboxylic acids is 1. The van der Waals surface area contributed by atoms with E-state index in [9.17, 15) is 4.79 Å². The number of hydrogen-bond acceptors (Lipinski definition) is 2. The lowest BCUT2D eigenvalue weighted by molar-refractivity contribution is -0.133. The van der Waals surface area contributed by atoms with E-state index in [2.05, 4.69) is 13.8 Å². The highest BCUT2D eigenvalue weighted by atomic mass is 16.2. The normalized spacial score (nSPS) is 12.1. The lowest BCUT2D eigenvalue weighted by Gasteiger charge is -2.26. The Morgan fingerprint density at radius 3 is 2.00 bits per heavy atom. The van der Waals surface area contributed by atoms with Crippen molar-refractivity contribution < 1.29 is 4.79 Å². The number of unbranched alkanes of at least 4 members (excludes halogenated alkanes) is 4. The Labute approximate surface area is 129 Å². The Morgan fingerprint density at radius 1 is 1.00 bits per heavy atom. The Bertz CT molecular complexity index is 381. The predicted octanol–water partition coefficient (Wildman–Crippen LogP) is 3.90. The van der Waals surface area contributed by atoms with Gasteiger partial charge in [-0.25, -0.2) is 0 Å². The highest BCUT2D eigenvalue weighted by Gasteiger charge is 2.21. The summed E-state index contributed by atoms with van der Waals surface area (Å²) in [7, 11) is 0. The number of nitrogens with two attached hydrogens (primary N) is 1. The largest absolute Gasteiger partial charge is 0.341 e. The summed E-state index contributed by atoms with van der Waals surface area (Å²) in [6.45, 7) is 6.02. The van der Waals surface area contributed by atoms with E-state index in [4.69, 9.17) is 5.73 Å². The third kappa shape index (κ3) is 6.30. The summed E-state index contributed by atoms with van der Waals surface area (Å²) in [4.78, 5) is 14.6. The molecule has 0 aromatic heterocycles. The van der Waals surface area contributed by atoms with Gasteiger partial charge in [0.15, 0.2) is 0 Å².